The van der Waals surface area contributed by atoms with E-state index in [0.717, 1.165) is 6.42 Å². The molecule has 0 spiro atoms. The third-order valence-corrected chi connectivity index (χ3v) is 1.70. The monoisotopic (exact) mass is 140 g/mol. The van der Waals surface area contributed by atoms with E-state index < -0.39 is 5.97 Å². The Hall–Kier alpha value is -0.790. The molecular weight excluding hydrogens is 128 g/mol. The smallest absolute Gasteiger partial charge is 0.307 e. The predicted molar refractivity (Wildman–Crippen MR) is 38.7 cm³/mol. The topological polar surface area (TPSA) is 37.3 Å². The van der Waals surface area contributed by atoms with Crippen molar-refractivity contribution < 1.29 is 9.90 Å². The van der Waals surface area contributed by atoms with Crippen molar-refractivity contribution in [3.05, 3.63) is 11.6 Å². The number of hydrogen-bond donors (Lipinski definition) is 1. The molecule has 0 bridgehead atoms. The number of carbonyl (C=O) groups is 1. The summed E-state index contributed by atoms with van der Waals surface area (Å²) < 4.78 is 0. The molecule has 1 rings (SSSR count). The van der Waals surface area contributed by atoms with E-state index in [1.807, 2.05) is 19.9 Å². The summed E-state index contributed by atoms with van der Waals surface area (Å²) in [5.74, 6) is -0.417. The fourth-order valence-corrected chi connectivity index (χ4v) is 1.11. The number of aliphatic carboxylic acids is 1. The second-order valence-corrected chi connectivity index (χ2v) is 3.09. The van der Waals surface area contributed by atoms with E-state index in [0.29, 0.717) is 5.92 Å². The number of hydrogen-bond acceptors (Lipinski definition) is 1. The van der Waals surface area contributed by atoms with Gasteiger partial charge in [-0.25, -0.2) is 0 Å². The Bertz CT molecular complexity index is 178. The van der Waals surface area contributed by atoms with Gasteiger partial charge in [-0.05, 0) is 26.2 Å². The lowest BCUT2D eigenvalue weighted by Gasteiger charge is -1.87. The minimum atomic E-state index is -0.650. The maximum absolute atomic E-state index is 10.3. The molecule has 1 fully saturated rings. The van der Waals surface area contributed by atoms with Crippen molar-refractivity contribution in [2.75, 3.05) is 0 Å². The fraction of sp³-hybridized carbons (Fsp3) is 0.625. The molecule has 2 nitrogen and oxygen atoms in total. The summed E-state index contributed by atoms with van der Waals surface area (Å²) in [5, 5.41) is 8.51. The molecule has 1 N–H and O–H groups in total. The average molecular weight is 140 g/mol. The molecule has 1 aliphatic carbocycles. The van der Waals surface area contributed by atoms with Gasteiger partial charge in [0.1, 0.15) is 0 Å². The number of allylic oxidation sites excluding steroid dienone is 2. The van der Waals surface area contributed by atoms with Crippen LogP contribution in [0.4, 0.5) is 0 Å². The van der Waals surface area contributed by atoms with Crippen molar-refractivity contribution in [3.8, 4) is 0 Å². The van der Waals surface area contributed by atoms with Crippen LogP contribution in [0.5, 0.6) is 0 Å². The highest BCUT2D eigenvalue weighted by atomic mass is 16.4. The van der Waals surface area contributed by atoms with Crippen LogP contribution in [0.2, 0.25) is 0 Å². The third-order valence-electron chi connectivity index (χ3n) is 1.70. The highest BCUT2D eigenvalue weighted by Crippen LogP contribution is 2.40. The largest absolute Gasteiger partial charge is 0.481 e. The van der Waals surface area contributed by atoms with Crippen LogP contribution >= 0.6 is 0 Å². The van der Waals surface area contributed by atoms with Gasteiger partial charge in [0.2, 0.25) is 0 Å². The molecule has 0 unspecified atom stereocenters. The van der Waals surface area contributed by atoms with Crippen LogP contribution in [0.15, 0.2) is 11.6 Å². The molecule has 0 aliphatic heterocycles. The van der Waals surface area contributed by atoms with Gasteiger partial charge in [0.05, 0.1) is 5.92 Å². The first-order valence-electron chi connectivity index (χ1n) is 3.49. The zero-order valence-corrected chi connectivity index (χ0v) is 6.29. The Morgan fingerprint density at radius 1 is 1.60 bits per heavy atom. The van der Waals surface area contributed by atoms with Gasteiger partial charge in [-0.2, -0.15) is 0 Å². The first kappa shape index (κ1) is 7.32. The third kappa shape index (κ3) is 1.59. The first-order valence-corrected chi connectivity index (χ1v) is 3.49. The minimum absolute atomic E-state index is 0.0881. The summed E-state index contributed by atoms with van der Waals surface area (Å²) in [7, 11) is 0. The molecule has 0 radical (unpaired) electrons. The Morgan fingerprint density at radius 2 is 2.20 bits per heavy atom. The maximum atomic E-state index is 10.3. The molecular formula is C8H12O2. The summed E-state index contributed by atoms with van der Waals surface area (Å²) in [6, 6.07) is 0. The van der Waals surface area contributed by atoms with E-state index in [1.165, 1.54) is 5.57 Å². The van der Waals surface area contributed by atoms with Crippen LogP contribution in [-0.2, 0) is 4.79 Å². The van der Waals surface area contributed by atoms with Crippen LogP contribution < -0.4 is 0 Å². The Morgan fingerprint density at radius 3 is 2.50 bits per heavy atom. The number of carboxylic acids is 1. The molecule has 56 valence electrons. The molecule has 1 saturated carbocycles. The van der Waals surface area contributed by atoms with Crippen molar-refractivity contribution in [1.82, 2.24) is 0 Å². The zero-order valence-electron chi connectivity index (χ0n) is 6.29. The van der Waals surface area contributed by atoms with Gasteiger partial charge in [0.15, 0.2) is 0 Å². The van der Waals surface area contributed by atoms with Gasteiger partial charge in [-0.3, -0.25) is 4.79 Å². The maximum Gasteiger partial charge on any atom is 0.307 e. The molecule has 0 saturated heterocycles. The van der Waals surface area contributed by atoms with Gasteiger partial charge in [0.25, 0.3) is 0 Å². The molecule has 0 heterocycles. The Kier molecular flexibility index (Phi) is 1.79. The standard InChI is InChI=1S/C8H12O2/c1-5(2)3-6-4-7(6)8(9)10/h3,6-7H,4H2,1-2H3,(H,9,10)/t6-,7-/m0/s1. The van der Waals surface area contributed by atoms with Crippen molar-refractivity contribution >= 4 is 5.97 Å². The van der Waals surface area contributed by atoms with Crippen molar-refractivity contribution in [2.45, 2.75) is 20.3 Å². The summed E-state index contributed by atoms with van der Waals surface area (Å²) in [6.45, 7) is 3.99. The summed E-state index contributed by atoms with van der Waals surface area (Å²) in [6.07, 6.45) is 2.87. The highest BCUT2D eigenvalue weighted by Gasteiger charge is 2.41. The van der Waals surface area contributed by atoms with E-state index in [1.54, 1.807) is 0 Å². The van der Waals surface area contributed by atoms with Crippen molar-refractivity contribution in [3.63, 3.8) is 0 Å². The van der Waals surface area contributed by atoms with Gasteiger partial charge in [-0.15, -0.1) is 0 Å². The second-order valence-electron chi connectivity index (χ2n) is 3.09. The predicted octanol–water partition coefficient (Wildman–Crippen LogP) is 1.67. The van der Waals surface area contributed by atoms with E-state index >= 15 is 0 Å². The van der Waals surface area contributed by atoms with Gasteiger partial charge < -0.3 is 5.11 Å². The Labute approximate surface area is 60.6 Å². The quantitative estimate of drug-likeness (QED) is 0.592. The first-order chi connectivity index (χ1) is 4.61. The summed E-state index contributed by atoms with van der Waals surface area (Å²) >= 11 is 0. The fourth-order valence-electron chi connectivity index (χ4n) is 1.11. The van der Waals surface area contributed by atoms with Crippen LogP contribution in [0.1, 0.15) is 20.3 Å². The van der Waals surface area contributed by atoms with Gasteiger partial charge >= 0.3 is 5.97 Å². The molecule has 2 heteroatoms. The van der Waals surface area contributed by atoms with E-state index in [9.17, 15) is 4.79 Å². The SMILES string of the molecule is CC(C)=C[C@H]1C[C@@H]1C(=O)O. The van der Waals surface area contributed by atoms with Gasteiger partial charge in [0, 0.05) is 0 Å². The lowest BCUT2D eigenvalue weighted by Crippen LogP contribution is -1.98. The van der Waals surface area contributed by atoms with E-state index in [4.69, 9.17) is 5.11 Å². The van der Waals surface area contributed by atoms with Gasteiger partial charge in [-0.1, -0.05) is 11.6 Å². The van der Waals surface area contributed by atoms with Crippen LogP contribution in [0.25, 0.3) is 0 Å². The molecule has 0 amide bonds. The number of rotatable bonds is 2. The summed E-state index contributed by atoms with van der Waals surface area (Å²) in [4.78, 5) is 10.3. The normalized spacial score (nSPS) is 29.4. The zero-order chi connectivity index (χ0) is 7.72. The van der Waals surface area contributed by atoms with Crippen LogP contribution in [-0.4, -0.2) is 11.1 Å². The second kappa shape index (κ2) is 2.45. The van der Waals surface area contributed by atoms with Crippen LogP contribution in [0.3, 0.4) is 0 Å². The van der Waals surface area contributed by atoms with Crippen LogP contribution in [0, 0.1) is 11.8 Å². The lowest BCUT2D eigenvalue weighted by atomic mass is 10.2. The number of carboxylic acid groups (broad SMARTS) is 1. The average Bonchev–Trinajstić information content (AvgIpc) is 2.43. The highest BCUT2D eigenvalue weighted by molar-refractivity contribution is 5.74. The lowest BCUT2D eigenvalue weighted by molar-refractivity contribution is -0.138. The molecule has 0 aromatic heterocycles. The Balaban J connectivity index is 2.40. The van der Waals surface area contributed by atoms with Crippen molar-refractivity contribution in [1.29, 1.82) is 0 Å². The molecule has 10 heavy (non-hydrogen) atoms. The van der Waals surface area contributed by atoms with E-state index in [-0.39, 0.29) is 5.92 Å². The molecule has 0 aromatic carbocycles. The minimum Gasteiger partial charge on any atom is -0.481 e. The van der Waals surface area contributed by atoms with E-state index in [2.05, 4.69) is 0 Å². The molecule has 1 aliphatic rings. The summed E-state index contributed by atoms with van der Waals surface area (Å²) in [5.41, 5.74) is 1.22. The molecule has 2 atom stereocenters. The van der Waals surface area contributed by atoms with Crippen molar-refractivity contribution in [2.24, 2.45) is 11.8 Å². The molecule has 0 aromatic rings.